The normalized spacial score (nSPS) is 12.7. The topological polar surface area (TPSA) is 61.4 Å². The van der Waals surface area contributed by atoms with Crippen molar-refractivity contribution in [2.75, 3.05) is 13.6 Å². The fraction of sp³-hybridized carbons (Fsp3) is 0.800. The van der Waals surface area contributed by atoms with Crippen LogP contribution in [0, 0.1) is 0 Å². The van der Waals surface area contributed by atoms with Crippen LogP contribution in [-0.2, 0) is 0 Å². The molecule has 4 nitrogen and oxygen atoms in total. The Morgan fingerprint density at radius 2 is 2.33 bits per heavy atom. The molecule has 0 heterocycles. The van der Waals surface area contributed by atoms with Gasteiger partial charge in [0.15, 0.2) is 0 Å². The van der Waals surface area contributed by atoms with Gasteiger partial charge in [0, 0.05) is 12.6 Å². The first kappa shape index (κ1) is 8.23. The van der Waals surface area contributed by atoms with Gasteiger partial charge in [0.1, 0.15) is 0 Å². The Morgan fingerprint density at radius 3 is 2.67 bits per heavy atom. The van der Waals surface area contributed by atoms with Crippen molar-refractivity contribution in [2.45, 2.75) is 13.0 Å². The van der Waals surface area contributed by atoms with E-state index in [-0.39, 0.29) is 6.04 Å². The molecule has 0 saturated heterocycles. The van der Waals surface area contributed by atoms with Crippen LogP contribution in [0.1, 0.15) is 6.92 Å². The second kappa shape index (κ2) is 4.14. The summed E-state index contributed by atoms with van der Waals surface area (Å²) < 4.78 is 0. The second-order valence-electron chi connectivity index (χ2n) is 1.88. The van der Waals surface area contributed by atoms with E-state index in [1.807, 2.05) is 6.92 Å². The zero-order chi connectivity index (χ0) is 7.28. The molecule has 0 aromatic carbocycles. The lowest BCUT2D eigenvalue weighted by Gasteiger charge is -2.07. The van der Waals surface area contributed by atoms with Gasteiger partial charge in [-0.25, -0.2) is 4.79 Å². The van der Waals surface area contributed by atoms with E-state index >= 15 is 0 Å². The van der Waals surface area contributed by atoms with E-state index in [1.54, 1.807) is 7.05 Å². The highest BCUT2D eigenvalue weighted by atomic mass is 16.4. The minimum Gasteiger partial charge on any atom is -0.465 e. The molecule has 54 valence electrons. The molecule has 0 radical (unpaired) electrons. The monoisotopic (exact) mass is 132 g/mol. The third-order valence-corrected chi connectivity index (χ3v) is 1.05. The summed E-state index contributed by atoms with van der Waals surface area (Å²) >= 11 is 0. The number of carbonyl (C=O) groups is 1. The average Bonchev–Trinajstić information content (AvgIpc) is 1.83. The van der Waals surface area contributed by atoms with Gasteiger partial charge in [0.25, 0.3) is 0 Å². The molecule has 0 aliphatic heterocycles. The molecule has 0 aromatic heterocycles. The predicted octanol–water partition coefficient (Wildman–Crippen LogP) is -0.138. The molecule has 9 heavy (non-hydrogen) atoms. The predicted molar refractivity (Wildman–Crippen MR) is 34.5 cm³/mol. The lowest BCUT2D eigenvalue weighted by Crippen LogP contribution is -2.36. The molecule has 0 aliphatic rings. The van der Waals surface area contributed by atoms with Gasteiger partial charge in [-0.2, -0.15) is 0 Å². The van der Waals surface area contributed by atoms with E-state index in [9.17, 15) is 4.79 Å². The number of likely N-dealkylation sites (N-methyl/N-ethyl adjacent to an activating group) is 1. The van der Waals surface area contributed by atoms with Gasteiger partial charge in [0.05, 0.1) is 0 Å². The number of nitrogens with one attached hydrogen (secondary N) is 2. The molecule has 0 rings (SSSR count). The van der Waals surface area contributed by atoms with Crippen LogP contribution in [-0.4, -0.2) is 30.8 Å². The molecular formula is C5H12N2O2. The van der Waals surface area contributed by atoms with Gasteiger partial charge in [-0.1, -0.05) is 0 Å². The SMILES string of the molecule is CNC(C)CNC(=O)O. The summed E-state index contributed by atoms with van der Waals surface area (Å²) in [5.41, 5.74) is 0. The molecule has 1 unspecified atom stereocenters. The largest absolute Gasteiger partial charge is 0.465 e. The van der Waals surface area contributed by atoms with Crippen molar-refractivity contribution in [3.8, 4) is 0 Å². The minimum absolute atomic E-state index is 0.195. The van der Waals surface area contributed by atoms with E-state index in [0.717, 1.165) is 0 Å². The quantitative estimate of drug-likeness (QED) is 0.501. The number of hydrogen-bond donors (Lipinski definition) is 3. The van der Waals surface area contributed by atoms with Gasteiger partial charge >= 0.3 is 6.09 Å². The minimum atomic E-state index is -0.975. The zero-order valence-electron chi connectivity index (χ0n) is 5.64. The van der Waals surface area contributed by atoms with E-state index < -0.39 is 6.09 Å². The van der Waals surface area contributed by atoms with Crippen LogP contribution in [0.4, 0.5) is 4.79 Å². The second-order valence-corrected chi connectivity index (χ2v) is 1.88. The Kier molecular flexibility index (Phi) is 3.79. The Bertz CT molecular complexity index is 95.0. The van der Waals surface area contributed by atoms with Crippen LogP contribution in [0.3, 0.4) is 0 Å². The third kappa shape index (κ3) is 5.10. The number of hydrogen-bond acceptors (Lipinski definition) is 2. The first-order chi connectivity index (χ1) is 4.16. The van der Waals surface area contributed by atoms with E-state index in [0.29, 0.717) is 6.54 Å². The standard InChI is InChI=1S/C5H12N2O2/c1-4(6-2)3-7-5(8)9/h4,6-7H,3H2,1-2H3,(H,8,9). The molecule has 0 bridgehead atoms. The Labute approximate surface area is 54.3 Å². The molecule has 1 amide bonds. The van der Waals surface area contributed by atoms with E-state index in [4.69, 9.17) is 5.11 Å². The van der Waals surface area contributed by atoms with Crippen molar-refractivity contribution in [1.82, 2.24) is 10.6 Å². The van der Waals surface area contributed by atoms with Gasteiger partial charge < -0.3 is 15.7 Å². The summed E-state index contributed by atoms with van der Waals surface area (Å²) in [4.78, 5) is 9.88. The zero-order valence-corrected chi connectivity index (χ0v) is 5.64. The summed E-state index contributed by atoms with van der Waals surface area (Å²) in [7, 11) is 1.79. The van der Waals surface area contributed by atoms with Crippen molar-refractivity contribution in [3.63, 3.8) is 0 Å². The average molecular weight is 132 g/mol. The van der Waals surface area contributed by atoms with Crippen LogP contribution < -0.4 is 10.6 Å². The van der Waals surface area contributed by atoms with Gasteiger partial charge in [-0.3, -0.25) is 0 Å². The number of carboxylic acid groups (broad SMARTS) is 1. The van der Waals surface area contributed by atoms with Crippen molar-refractivity contribution in [3.05, 3.63) is 0 Å². The van der Waals surface area contributed by atoms with Crippen LogP contribution in [0.2, 0.25) is 0 Å². The van der Waals surface area contributed by atoms with E-state index in [2.05, 4.69) is 10.6 Å². The lowest BCUT2D eigenvalue weighted by atomic mass is 10.3. The number of amides is 1. The maximum Gasteiger partial charge on any atom is 0.404 e. The molecule has 0 aromatic rings. The number of rotatable bonds is 3. The smallest absolute Gasteiger partial charge is 0.404 e. The van der Waals surface area contributed by atoms with E-state index in [1.165, 1.54) is 0 Å². The molecular weight excluding hydrogens is 120 g/mol. The fourth-order valence-electron chi connectivity index (χ4n) is 0.342. The van der Waals surface area contributed by atoms with Crippen molar-refractivity contribution in [2.24, 2.45) is 0 Å². The molecule has 0 saturated carbocycles. The Hall–Kier alpha value is -0.770. The third-order valence-electron chi connectivity index (χ3n) is 1.05. The maximum atomic E-state index is 9.88. The summed E-state index contributed by atoms with van der Waals surface area (Å²) in [6.07, 6.45) is -0.975. The highest BCUT2D eigenvalue weighted by molar-refractivity contribution is 5.64. The summed E-state index contributed by atoms with van der Waals surface area (Å²) in [6, 6.07) is 0.195. The van der Waals surface area contributed by atoms with Crippen LogP contribution in [0.15, 0.2) is 0 Å². The Balaban J connectivity index is 3.16. The molecule has 1 atom stereocenters. The first-order valence-corrected chi connectivity index (χ1v) is 2.81. The van der Waals surface area contributed by atoms with Gasteiger partial charge in [-0.15, -0.1) is 0 Å². The molecule has 4 heteroatoms. The maximum absolute atomic E-state index is 9.88. The van der Waals surface area contributed by atoms with Crippen LogP contribution >= 0.6 is 0 Å². The first-order valence-electron chi connectivity index (χ1n) is 2.81. The van der Waals surface area contributed by atoms with Crippen molar-refractivity contribution in [1.29, 1.82) is 0 Å². The molecule has 3 N–H and O–H groups in total. The lowest BCUT2D eigenvalue weighted by molar-refractivity contribution is 0.193. The molecule has 0 spiro atoms. The van der Waals surface area contributed by atoms with Crippen molar-refractivity contribution >= 4 is 6.09 Å². The fourth-order valence-corrected chi connectivity index (χ4v) is 0.342. The van der Waals surface area contributed by atoms with Gasteiger partial charge in [0.2, 0.25) is 0 Å². The van der Waals surface area contributed by atoms with Crippen molar-refractivity contribution < 1.29 is 9.90 Å². The van der Waals surface area contributed by atoms with Crippen LogP contribution in [0.25, 0.3) is 0 Å². The highest BCUT2D eigenvalue weighted by Crippen LogP contribution is 1.73. The van der Waals surface area contributed by atoms with Gasteiger partial charge in [-0.05, 0) is 14.0 Å². The summed E-state index contributed by atoms with van der Waals surface area (Å²) in [5, 5.41) is 13.3. The summed E-state index contributed by atoms with van der Waals surface area (Å²) in [6.45, 7) is 2.35. The Morgan fingerprint density at radius 1 is 1.78 bits per heavy atom. The highest BCUT2D eigenvalue weighted by Gasteiger charge is 1.98. The summed E-state index contributed by atoms with van der Waals surface area (Å²) in [5.74, 6) is 0. The van der Waals surface area contributed by atoms with Crippen LogP contribution in [0.5, 0.6) is 0 Å². The molecule has 0 fully saturated rings. The molecule has 0 aliphatic carbocycles.